The first-order valence-electron chi connectivity index (χ1n) is 4.81. The number of benzene rings is 2. The van der Waals surface area contributed by atoms with E-state index >= 15 is 0 Å². The highest BCUT2D eigenvalue weighted by Crippen LogP contribution is 2.27. The summed E-state index contributed by atoms with van der Waals surface area (Å²) in [5, 5.41) is 19.7. The summed E-state index contributed by atoms with van der Waals surface area (Å²) in [4.78, 5) is 9.67. The van der Waals surface area contributed by atoms with Crippen LogP contribution in [-0.4, -0.2) is 10.0 Å². The summed E-state index contributed by atoms with van der Waals surface area (Å²) < 4.78 is 13.4. The van der Waals surface area contributed by atoms with E-state index in [1.165, 1.54) is 18.2 Å². The second-order valence-corrected chi connectivity index (χ2v) is 3.47. The largest absolute Gasteiger partial charge is 0.508 e. The van der Waals surface area contributed by atoms with Gasteiger partial charge in [-0.05, 0) is 35.4 Å². The van der Waals surface area contributed by atoms with Gasteiger partial charge in [0.15, 0.2) is 0 Å². The fourth-order valence-electron chi connectivity index (χ4n) is 1.52. The van der Waals surface area contributed by atoms with Crippen molar-refractivity contribution in [3.8, 4) is 16.9 Å². The van der Waals surface area contributed by atoms with Crippen LogP contribution in [0.2, 0.25) is 0 Å². The molecular weight excluding hydrogens is 225 g/mol. The van der Waals surface area contributed by atoms with Crippen LogP contribution in [0.25, 0.3) is 11.1 Å². The predicted octanol–water partition coefficient (Wildman–Crippen LogP) is 3.11. The SMILES string of the molecule is O=[N+]([O-])c1ccc(-c2cccc(O)c2)cc1F. The van der Waals surface area contributed by atoms with Crippen LogP contribution < -0.4 is 0 Å². The lowest BCUT2D eigenvalue weighted by Crippen LogP contribution is -1.92. The maximum absolute atomic E-state index is 13.4. The number of nitrogens with zero attached hydrogens (tertiary/aromatic N) is 1. The van der Waals surface area contributed by atoms with E-state index in [1.807, 2.05) is 0 Å². The van der Waals surface area contributed by atoms with Crippen molar-refractivity contribution in [3.63, 3.8) is 0 Å². The molecule has 2 aromatic rings. The number of phenols is 1. The smallest absolute Gasteiger partial charge is 0.304 e. The molecule has 0 aliphatic rings. The number of halogens is 1. The lowest BCUT2D eigenvalue weighted by Gasteiger charge is -2.02. The first kappa shape index (κ1) is 11.1. The highest BCUT2D eigenvalue weighted by atomic mass is 19.1. The molecule has 2 aromatic carbocycles. The minimum Gasteiger partial charge on any atom is -0.508 e. The maximum Gasteiger partial charge on any atom is 0.304 e. The molecule has 0 saturated carbocycles. The number of rotatable bonds is 2. The van der Waals surface area contributed by atoms with Gasteiger partial charge in [-0.3, -0.25) is 10.1 Å². The number of aromatic hydroxyl groups is 1. The molecule has 0 saturated heterocycles. The van der Waals surface area contributed by atoms with E-state index in [1.54, 1.807) is 12.1 Å². The summed E-state index contributed by atoms with van der Waals surface area (Å²) in [5.74, 6) is -0.836. The number of nitro groups is 1. The van der Waals surface area contributed by atoms with Gasteiger partial charge < -0.3 is 5.11 Å². The Labute approximate surface area is 96.1 Å². The van der Waals surface area contributed by atoms with Crippen molar-refractivity contribution in [2.45, 2.75) is 0 Å². The highest BCUT2D eigenvalue weighted by molar-refractivity contribution is 5.66. The van der Waals surface area contributed by atoms with Gasteiger partial charge in [0.05, 0.1) is 4.92 Å². The van der Waals surface area contributed by atoms with Crippen LogP contribution in [0.5, 0.6) is 5.75 Å². The fourth-order valence-corrected chi connectivity index (χ4v) is 1.52. The number of hydrogen-bond acceptors (Lipinski definition) is 3. The molecule has 0 aromatic heterocycles. The molecule has 1 N–H and O–H groups in total. The van der Waals surface area contributed by atoms with Crippen LogP contribution in [0.4, 0.5) is 10.1 Å². The van der Waals surface area contributed by atoms with Crippen LogP contribution in [0.3, 0.4) is 0 Å². The van der Waals surface area contributed by atoms with Gasteiger partial charge in [-0.1, -0.05) is 12.1 Å². The molecule has 0 fully saturated rings. The second-order valence-electron chi connectivity index (χ2n) is 3.47. The number of hydrogen-bond donors (Lipinski definition) is 1. The van der Waals surface area contributed by atoms with E-state index in [2.05, 4.69) is 0 Å². The lowest BCUT2D eigenvalue weighted by molar-refractivity contribution is -0.387. The molecule has 0 aliphatic heterocycles. The highest BCUT2D eigenvalue weighted by Gasteiger charge is 2.14. The molecule has 4 nitrogen and oxygen atoms in total. The Morgan fingerprint density at radius 2 is 1.82 bits per heavy atom. The van der Waals surface area contributed by atoms with Gasteiger partial charge in [0.25, 0.3) is 0 Å². The molecule has 0 aliphatic carbocycles. The third-order valence-corrected chi connectivity index (χ3v) is 2.32. The molecule has 86 valence electrons. The van der Waals surface area contributed by atoms with E-state index in [0.717, 1.165) is 12.1 Å². The first-order chi connectivity index (χ1) is 8.08. The summed E-state index contributed by atoms with van der Waals surface area (Å²) in [6.45, 7) is 0. The van der Waals surface area contributed by atoms with Crippen LogP contribution in [0, 0.1) is 15.9 Å². The molecule has 0 heterocycles. The number of phenolic OH excluding ortho intramolecular Hbond substituents is 1. The monoisotopic (exact) mass is 233 g/mol. The van der Waals surface area contributed by atoms with Crippen molar-refractivity contribution in [2.75, 3.05) is 0 Å². The first-order valence-corrected chi connectivity index (χ1v) is 4.81. The molecule has 0 amide bonds. The minimum absolute atomic E-state index is 0.0567. The molecule has 5 heteroatoms. The van der Waals surface area contributed by atoms with Gasteiger partial charge in [-0.15, -0.1) is 0 Å². The quantitative estimate of drug-likeness (QED) is 0.640. The summed E-state index contributed by atoms with van der Waals surface area (Å²) >= 11 is 0. The van der Waals surface area contributed by atoms with Crippen molar-refractivity contribution >= 4 is 5.69 Å². The average molecular weight is 233 g/mol. The Balaban J connectivity index is 2.48. The van der Waals surface area contributed by atoms with Crippen LogP contribution in [0.1, 0.15) is 0 Å². The van der Waals surface area contributed by atoms with Gasteiger partial charge in [0.1, 0.15) is 5.75 Å². The topological polar surface area (TPSA) is 63.4 Å². The fraction of sp³-hybridized carbons (Fsp3) is 0. The Morgan fingerprint density at radius 1 is 1.12 bits per heavy atom. The minimum atomic E-state index is -0.893. The average Bonchev–Trinajstić information content (AvgIpc) is 2.28. The van der Waals surface area contributed by atoms with Gasteiger partial charge in [0, 0.05) is 6.07 Å². The molecule has 17 heavy (non-hydrogen) atoms. The summed E-state index contributed by atoms with van der Waals surface area (Å²) in [5.41, 5.74) is 0.511. The third-order valence-electron chi connectivity index (χ3n) is 2.32. The Hall–Kier alpha value is -2.43. The maximum atomic E-state index is 13.4. The van der Waals surface area contributed by atoms with Crippen molar-refractivity contribution in [3.05, 3.63) is 58.4 Å². The molecule has 0 atom stereocenters. The normalized spacial score (nSPS) is 10.2. The zero-order valence-corrected chi connectivity index (χ0v) is 8.63. The summed E-state index contributed by atoms with van der Waals surface area (Å²) in [6.07, 6.45) is 0. The van der Waals surface area contributed by atoms with Crippen LogP contribution >= 0.6 is 0 Å². The van der Waals surface area contributed by atoms with Crippen molar-refractivity contribution in [1.82, 2.24) is 0 Å². The molecule has 0 radical (unpaired) electrons. The van der Waals surface area contributed by atoms with Crippen molar-refractivity contribution < 1.29 is 14.4 Å². The molecule has 0 bridgehead atoms. The molecule has 2 rings (SSSR count). The molecular formula is C12H8FNO3. The zero-order valence-electron chi connectivity index (χ0n) is 8.63. The Kier molecular flexibility index (Phi) is 2.74. The number of nitro benzene ring substituents is 1. The van der Waals surface area contributed by atoms with E-state index in [0.29, 0.717) is 11.1 Å². The summed E-state index contributed by atoms with van der Waals surface area (Å²) in [6, 6.07) is 9.87. The van der Waals surface area contributed by atoms with Crippen LogP contribution in [-0.2, 0) is 0 Å². The van der Waals surface area contributed by atoms with Gasteiger partial charge >= 0.3 is 5.69 Å². The predicted molar refractivity (Wildman–Crippen MR) is 60.2 cm³/mol. The van der Waals surface area contributed by atoms with E-state index in [9.17, 15) is 19.6 Å². The Morgan fingerprint density at radius 3 is 2.41 bits per heavy atom. The molecule has 0 unspecified atom stereocenters. The van der Waals surface area contributed by atoms with Crippen molar-refractivity contribution in [1.29, 1.82) is 0 Å². The van der Waals surface area contributed by atoms with Crippen molar-refractivity contribution in [2.24, 2.45) is 0 Å². The second kappa shape index (κ2) is 4.21. The van der Waals surface area contributed by atoms with Crippen LogP contribution in [0.15, 0.2) is 42.5 Å². The lowest BCUT2D eigenvalue weighted by atomic mass is 10.0. The van der Waals surface area contributed by atoms with E-state index in [4.69, 9.17) is 0 Å². The van der Waals surface area contributed by atoms with Gasteiger partial charge in [-0.2, -0.15) is 4.39 Å². The third kappa shape index (κ3) is 2.23. The van der Waals surface area contributed by atoms with Gasteiger partial charge in [-0.25, -0.2) is 0 Å². The molecule has 0 spiro atoms. The van der Waals surface area contributed by atoms with E-state index in [-0.39, 0.29) is 5.75 Å². The zero-order chi connectivity index (χ0) is 12.4. The van der Waals surface area contributed by atoms with Gasteiger partial charge in [0.2, 0.25) is 5.82 Å². The van der Waals surface area contributed by atoms with E-state index < -0.39 is 16.4 Å². The Bertz CT molecular complexity index is 584. The summed E-state index contributed by atoms with van der Waals surface area (Å²) in [7, 11) is 0. The standard InChI is InChI=1S/C12H8FNO3/c13-11-7-9(4-5-12(11)14(16)17)8-2-1-3-10(15)6-8/h1-7,15H.